The standard InChI is InChI=1S/C26H22N2O9/c27-13-6-7-14(29)18-17(13)21(37-25(35)10-4-2-1-3-5-10)12-8-11-9-15(30)19(24(28)34)23(33)26(11,36)22(32)16(12)20(18)31/h1-7,11-12,21,29,31,33,36H,8-9,27H2,(H2,28,34)/t11-,12-,21+,26-/m0/s1. The van der Waals surface area contributed by atoms with Crippen LogP contribution in [0.15, 0.2) is 59.4 Å². The van der Waals surface area contributed by atoms with Crippen LogP contribution in [-0.4, -0.2) is 49.5 Å². The van der Waals surface area contributed by atoms with E-state index in [1.807, 2.05) is 0 Å². The fourth-order valence-corrected chi connectivity index (χ4v) is 5.56. The third kappa shape index (κ3) is 3.31. The van der Waals surface area contributed by atoms with Crippen molar-refractivity contribution in [2.45, 2.75) is 24.5 Å². The smallest absolute Gasteiger partial charge is 0.338 e. The number of fused-ring (bicyclic) bond motifs is 3. The van der Waals surface area contributed by atoms with Crippen LogP contribution in [-0.2, 0) is 19.1 Å². The molecule has 2 aromatic carbocycles. The summed E-state index contributed by atoms with van der Waals surface area (Å²) in [4.78, 5) is 51.1. The third-order valence-corrected chi connectivity index (χ3v) is 7.29. The van der Waals surface area contributed by atoms with Gasteiger partial charge in [-0.15, -0.1) is 0 Å². The third-order valence-electron chi connectivity index (χ3n) is 7.29. The number of primary amides is 1. The lowest BCUT2D eigenvalue weighted by molar-refractivity contribution is -0.149. The van der Waals surface area contributed by atoms with Gasteiger partial charge in [0.25, 0.3) is 5.91 Å². The van der Waals surface area contributed by atoms with Crippen LogP contribution in [0.3, 0.4) is 0 Å². The molecule has 190 valence electrons. The lowest BCUT2D eigenvalue weighted by Crippen LogP contribution is -2.58. The highest BCUT2D eigenvalue weighted by Crippen LogP contribution is 2.57. The Kier molecular flexibility index (Phi) is 5.34. The van der Waals surface area contributed by atoms with Gasteiger partial charge in [-0.3, -0.25) is 14.4 Å². The number of hydrogen-bond donors (Lipinski definition) is 6. The zero-order chi connectivity index (χ0) is 26.8. The quantitative estimate of drug-likeness (QED) is 0.152. The van der Waals surface area contributed by atoms with Crippen LogP contribution in [0.2, 0.25) is 0 Å². The van der Waals surface area contributed by atoms with Crippen molar-refractivity contribution in [3.8, 4) is 5.75 Å². The molecule has 4 atom stereocenters. The number of aromatic hydroxyl groups is 1. The van der Waals surface area contributed by atoms with E-state index in [2.05, 4.69) is 0 Å². The SMILES string of the molecule is NC(=O)C1=C(O)[C@@]2(O)C(=O)C3=C(O)c4c(O)ccc(N)c4[C@H](OC(=O)c4ccccc4)[C@H]3C[C@H]2CC1=O. The molecule has 1 amide bonds. The Bertz CT molecular complexity index is 1460. The summed E-state index contributed by atoms with van der Waals surface area (Å²) in [5.41, 5.74) is 7.26. The Hall–Kier alpha value is -4.64. The van der Waals surface area contributed by atoms with Crippen LogP contribution >= 0.6 is 0 Å². The predicted octanol–water partition coefficient (Wildman–Crippen LogP) is 1.36. The molecule has 0 bridgehead atoms. The van der Waals surface area contributed by atoms with Crippen LogP contribution in [0.25, 0.3) is 5.76 Å². The van der Waals surface area contributed by atoms with Crippen molar-refractivity contribution in [1.82, 2.24) is 0 Å². The number of phenolic OH excluding ortho intramolecular Hbond substituents is 1. The van der Waals surface area contributed by atoms with E-state index in [-0.39, 0.29) is 28.8 Å². The second-order valence-electron chi connectivity index (χ2n) is 9.27. The number of ether oxygens (including phenoxy) is 1. The highest BCUT2D eigenvalue weighted by atomic mass is 16.5. The second-order valence-corrected chi connectivity index (χ2v) is 9.27. The Balaban J connectivity index is 1.71. The van der Waals surface area contributed by atoms with Crippen molar-refractivity contribution in [1.29, 1.82) is 0 Å². The fraction of sp³-hybridized carbons (Fsp3) is 0.231. The van der Waals surface area contributed by atoms with Gasteiger partial charge in [0.05, 0.1) is 11.1 Å². The number of nitrogens with two attached hydrogens (primary N) is 2. The van der Waals surface area contributed by atoms with E-state index in [0.717, 1.165) is 0 Å². The van der Waals surface area contributed by atoms with Gasteiger partial charge in [-0.05, 0) is 30.7 Å². The maximum atomic E-state index is 13.7. The number of phenols is 1. The number of anilines is 1. The van der Waals surface area contributed by atoms with Crippen LogP contribution in [0.4, 0.5) is 5.69 Å². The molecule has 0 unspecified atom stereocenters. The molecule has 1 saturated carbocycles. The number of carbonyl (C=O) groups is 4. The fourth-order valence-electron chi connectivity index (χ4n) is 5.56. The summed E-state index contributed by atoms with van der Waals surface area (Å²) in [5.74, 6) is -8.97. The van der Waals surface area contributed by atoms with Gasteiger partial charge in [0.1, 0.15) is 28.9 Å². The number of carbonyl (C=O) groups excluding carboxylic acids is 4. The minimum absolute atomic E-state index is 0.0495. The largest absolute Gasteiger partial charge is 0.508 e. The first-order chi connectivity index (χ1) is 17.5. The van der Waals surface area contributed by atoms with Crippen LogP contribution in [0.5, 0.6) is 5.75 Å². The van der Waals surface area contributed by atoms with Gasteiger partial charge in [-0.2, -0.15) is 0 Å². The van der Waals surface area contributed by atoms with E-state index < -0.39 is 81.8 Å². The minimum Gasteiger partial charge on any atom is -0.508 e. The van der Waals surface area contributed by atoms with Crippen molar-refractivity contribution in [2.24, 2.45) is 17.6 Å². The van der Waals surface area contributed by atoms with Gasteiger partial charge < -0.3 is 36.6 Å². The maximum Gasteiger partial charge on any atom is 0.338 e. The maximum absolute atomic E-state index is 13.7. The molecule has 0 radical (unpaired) electrons. The number of aliphatic hydroxyl groups is 3. The molecule has 0 heterocycles. The summed E-state index contributed by atoms with van der Waals surface area (Å²) in [5, 5.41) is 43.8. The van der Waals surface area contributed by atoms with Crippen molar-refractivity contribution in [3.05, 3.63) is 76.1 Å². The number of hydrogen-bond acceptors (Lipinski definition) is 10. The summed E-state index contributed by atoms with van der Waals surface area (Å²) in [7, 11) is 0. The molecule has 3 aliphatic rings. The number of rotatable bonds is 3. The average Bonchev–Trinajstić information content (AvgIpc) is 2.85. The highest BCUT2D eigenvalue weighted by molar-refractivity contribution is 6.22. The molecular formula is C26H22N2O9. The molecule has 0 spiro atoms. The monoisotopic (exact) mass is 506 g/mol. The Morgan fingerprint density at radius 2 is 1.70 bits per heavy atom. The van der Waals surface area contributed by atoms with E-state index >= 15 is 0 Å². The Labute approximate surface area is 209 Å². The van der Waals surface area contributed by atoms with E-state index in [1.54, 1.807) is 18.2 Å². The average molecular weight is 506 g/mol. The van der Waals surface area contributed by atoms with Gasteiger partial charge in [-0.1, -0.05) is 18.2 Å². The molecule has 5 rings (SSSR count). The summed E-state index contributed by atoms with van der Waals surface area (Å²) in [6.07, 6.45) is -2.06. The van der Waals surface area contributed by atoms with Gasteiger partial charge >= 0.3 is 5.97 Å². The highest BCUT2D eigenvalue weighted by Gasteiger charge is 2.62. The molecule has 2 aromatic rings. The number of amides is 1. The van der Waals surface area contributed by atoms with Crippen LogP contribution in [0.1, 0.15) is 40.4 Å². The lowest BCUT2D eigenvalue weighted by Gasteiger charge is -2.47. The predicted molar refractivity (Wildman–Crippen MR) is 127 cm³/mol. The number of esters is 1. The van der Waals surface area contributed by atoms with Gasteiger partial charge in [-0.25, -0.2) is 4.79 Å². The van der Waals surface area contributed by atoms with Crippen molar-refractivity contribution in [2.75, 3.05) is 5.73 Å². The number of ketones is 2. The second kappa shape index (κ2) is 8.20. The van der Waals surface area contributed by atoms with Crippen molar-refractivity contribution < 1.29 is 44.3 Å². The number of aliphatic hydroxyl groups excluding tert-OH is 2. The van der Waals surface area contributed by atoms with E-state index in [9.17, 15) is 39.6 Å². The molecule has 1 fully saturated rings. The molecule has 8 N–H and O–H groups in total. The summed E-state index contributed by atoms with van der Waals surface area (Å²) in [6, 6.07) is 10.5. The van der Waals surface area contributed by atoms with Crippen LogP contribution < -0.4 is 11.5 Å². The number of nitrogen functional groups attached to an aromatic ring is 1. The molecule has 0 aromatic heterocycles. The van der Waals surface area contributed by atoms with E-state index in [0.29, 0.717) is 0 Å². The summed E-state index contributed by atoms with van der Waals surface area (Å²) < 4.78 is 5.79. The molecule has 37 heavy (non-hydrogen) atoms. The van der Waals surface area contributed by atoms with Gasteiger partial charge in [0.15, 0.2) is 11.4 Å². The molecule has 11 heteroatoms. The van der Waals surface area contributed by atoms with Crippen molar-refractivity contribution >= 4 is 34.9 Å². The van der Waals surface area contributed by atoms with Crippen LogP contribution in [0, 0.1) is 11.8 Å². The topological polar surface area (TPSA) is 210 Å². The zero-order valence-corrected chi connectivity index (χ0v) is 19.2. The van der Waals surface area contributed by atoms with Gasteiger partial charge in [0.2, 0.25) is 5.78 Å². The molecule has 0 aliphatic heterocycles. The molecule has 3 aliphatic carbocycles. The Morgan fingerprint density at radius 3 is 2.35 bits per heavy atom. The first-order valence-electron chi connectivity index (χ1n) is 11.3. The minimum atomic E-state index is -2.75. The van der Waals surface area contributed by atoms with E-state index in [4.69, 9.17) is 16.2 Å². The molecule has 0 saturated heterocycles. The first-order valence-corrected chi connectivity index (χ1v) is 11.3. The number of benzene rings is 2. The van der Waals surface area contributed by atoms with E-state index in [1.165, 1.54) is 24.3 Å². The summed E-state index contributed by atoms with van der Waals surface area (Å²) in [6.45, 7) is 0. The zero-order valence-electron chi connectivity index (χ0n) is 19.2. The lowest BCUT2D eigenvalue weighted by atomic mass is 9.58. The first kappa shape index (κ1) is 24.1. The van der Waals surface area contributed by atoms with Gasteiger partial charge in [0, 0.05) is 35.1 Å². The number of Topliss-reactive ketones (excluding diaryl/α,β-unsaturated/α-hetero) is 2. The van der Waals surface area contributed by atoms with Crippen molar-refractivity contribution in [3.63, 3.8) is 0 Å². The normalized spacial score (nSPS) is 26.8. The molecule has 11 nitrogen and oxygen atoms in total. The Morgan fingerprint density at radius 1 is 1.03 bits per heavy atom. The molecular weight excluding hydrogens is 484 g/mol. The summed E-state index contributed by atoms with van der Waals surface area (Å²) >= 11 is 0.